The maximum atomic E-state index is 11.2. The van der Waals surface area contributed by atoms with Gasteiger partial charge in [-0.05, 0) is 13.3 Å². The molecule has 0 aromatic rings. The number of nitrogens with zero attached hydrogens (tertiary/aromatic N) is 2. The zero-order valence-corrected chi connectivity index (χ0v) is 8.24. The summed E-state index contributed by atoms with van der Waals surface area (Å²) >= 11 is 0. The van der Waals surface area contributed by atoms with E-state index in [0.29, 0.717) is 13.0 Å². The first-order valence-electron chi connectivity index (χ1n) is 4.05. The number of hydrogen-bond donors (Lipinski definition) is 1. The molecule has 0 aliphatic carbocycles. The summed E-state index contributed by atoms with van der Waals surface area (Å²) in [5.74, 6) is 0. The van der Waals surface area contributed by atoms with Gasteiger partial charge in [-0.2, -0.15) is 0 Å². The molecule has 2 amide bonds. The van der Waals surface area contributed by atoms with Gasteiger partial charge in [0.15, 0.2) is 0 Å². The Hall–Kier alpha value is -0.770. The minimum absolute atomic E-state index is 0.0318. The van der Waals surface area contributed by atoms with Gasteiger partial charge in [0, 0.05) is 27.7 Å². The van der Waals surface area contributed by atoms with Crippen LogP contribution < -0.4 is 0 Å². The molecular formula is C8H18N2O2. The van der Waals surface area contributed by atoms with Gasteiger partial charge in [-0.15, -0.1) is 0 Å². The number of carbonyl (C=O) groups excluding carboxylic acids is 1. The van der Waals surface area contributed by atoms with Crippen LogP contribution in [-0.4, -0.2) is 54.7 Å². The van der Waals surface area contributed by atoms with Crippen LogP contribution in [0.5, 0.6) is 0 Å². The smallest absolute Gasteiger partial charge is 0.319 e. The third-order valence-electron chi connectivity index (χ3n) is 1.59. The third-order valence-corrected chi connectivity index (χ3v) is 1.59. The second-order valence-corrected chi connectivity index (χ2v) is 3.24. The van der Waals surface area contributed by atoms with E-state index < -0.39 is 0 Å². The van der Waals surface area contributed by atoms with Crippen molar-refractivity contribution in [3.8, 4) is 0 Å². The van der Waals surface area contributed by atoms with Crippen molar-refractivity contribution >= 4 is 6.03 Å². The maximum Gasteiger partial charge on any atom is 0.319 e. The number of urea groups is 1. The Morgan fingerprint density at radius 1 is 1.42 bits per heavy atom. The Morgan fingerprint density at radius 2 is 1.92 bits per heavy atom. The molecule has 0 bridgehead atoms. The Balaban J connectivity index is 3.72. The second-order valence-electron chi connectivity index (χ2n) is 3.24. The molecule has 0 heterocycles. The summed E-state index contributed by atoms with van der Waals surface area (Å²) in [6.45, 7) is 2.31. The lowest BCUT2D eigenvalue weighted by atomic mass is 10.3. The van der Waals surface area contributed by atoms with Crippen LogP contribution in [0.25, 0.3) is 0 Å². The van der Waals surface area contributed by atoms with Gasteiger partial charge < -0.3 is 14.9 Å². The van der Waals surface area contributed by atoms with E-state index in [1.165, 1.54) is 4.90 Å². The first-order chi connectivity index (χ1) is 5.45. The molecule has 12 heavy (non-hydrogen) atoms. The van der Waals surface area contributed by atoms with Gasteiger partial charge in [-0.3, -0.25) is 0 Å². The predicted molar refractivity (Wildman–Crippen MR) is 48.0 cm³/mol. The van der Waals surface area contributed by atoms with Gasteiger partial charge in [0.1, 0.15) is 0 Å². The van der Waals surface area contributed by atoms with Crippen molar-refractivity contribution in [3.63, 3.8) is 0 Å². The van der Waals surface area contributed by atoms with E-state index in [1.54, 1.807) is 33.0 Å². The Morgan fingerprint density at radius 3 is 2.25 bits per heavy atom. The first kappa shape index (κ1) is 11.2. The van der Waals surface area contributed by atoms with Crippen molar-refractivity contribution in [2.24, 2.45) is 0 Å². The quantitative estimate of drug-likeness (QED) is 0.672. The molecule has 0 fully saturated rings. The minimum Gasteiger partial charge on any atom is -0.393 e. The number of aliphatic hydroxyl groups is 1. The molecule has 0 aliphatic rings. The molecule has 0 aromatic carbocycles. The number of rotatable bonds is 3. The van der Waals surface area contributed by atoms with E-state index in [2.05, 4.69) is 0 Å². The standard InChI is InChI=1S/C8H18N2O2/c1-7(11)5-6-10(4)8(12)9(2)3/h7,11H,5-6H2,1-4H3. The van der Waals surface area contributed by atoms with Crippen molar-refractivity contribution in [2.75, 3.05) is 27.7 Å². The number of hydrogen-bond acceptors (Lipinski definition) is 2. The molecule has 72 valence electrons. The molecule has 0 aromatic heterocycles. The molecule has 0 radical (unpaired) electrons. The topological polar surface area (TPSA) is 43.8 Å². The monoisotopic (exact) mass is 174 g/mol. The highest BCUT2D eigenvalue weighted by Gasteiger charge is 2.10. The normalized spacial score (nSPS) is 12.4. The molecule has 4 nitrogen and oxygen atoms in total. The van der Waals surface area contributed by atoms with Crippen molar-refractivity contribution < 1.29 is 9.90 Å². The highest BCUT2D eigenvalue weighted by molar-refractivity contribution is 5.73. The summed E-state index contributed by atoms with van der Waals surface area (Å²) in [6.07, 6.45) is 0.276. The van der Waals surface area contributed by atoms with Crippen molar-refractivity contribution in [3.05, 3.63) is 0 Å². The fourth-order valence-electron chi connectivity index (χ4n) is 0.818. The average Bonchev–Trinajstić information content (AvgIpc) is 1.98. The Kier molecular flexibility index (Phi) is 4.66. The fourth-order valence-corrected chi connectivity index (χ4v) is 0.818. The summed E-state index contributed by atoms with van der Waals surface area (Å²) in [4.78, 5) is 14.3. The zero-order chi connectivity index (χ0) is 9.72. The van der Waals surface area contributed by atoms with Crippen molar-refractivity contribution in [2.45, 2.75) is 19.4 Å². The molecule has 0 saturated heterocycles. The van der Waals surface area contributed by atoms with E-state index in [4.69, 9.17) is 5.11 Å². The molecule has 0 rings (SSSR count). The van der Waals surface area contributed by atoms with Crippen molar-refractivity contribution in [1.29, 1.82) is 0 Å². The largest absolute Gasteiger partial charge is 0.393 e. The molecular weight excluding hydrogens is 156 g/mol. The average molecular weight is 174 g/mol. The van der Waals surface area contributed by atoms with Crippen LogP contribution in [0.2, 0.25) is 0 Å². The van der Waals surface area contributed by atoms with Crippen molar-refractivity contribution in [1.82, 2.24) is 9.80 Å². The highest BCUT2D eigenvalue weighted by Crippen LogP contribution is 1.96. The van der Waals surface area contributed by atoms with Gasteiger partial charge in [-0.25, -0.2) is 4.79 Å². The molecule has 4 heteroatoms. The van der Waals surface area contributed by atoms with Crippen LogP contribution in [0.4, 0.5) is 4.79 Å². The highest BCUT2D eigenvalue weighted by atomic mass is 16.3. The number of aliphatic hydroxyl groups excluding tert-OH is 1. The SMILES string of the molecule is CC(O)CCN(C)C(=O)N(C)C. The minimum atomic E-state index is -0.345. The Bertz CT molecular complexity index is 146. The van der Waals surface area contributed by atoms with E-state index in [0.717, 1.165) is 0 Å². The second kappa shape index (κ2) is 4.98. The van der Waals surface area contributed by atoms with Gasteiger partial charge in [0.2, 0.25) is 0 Å². The summed E-state index contributed by atoms with van der Waals surface area (Å²) in [7, 11) is 5.15. The molecule has 0 saturated carbocycles. The van der Waals surface area contributed by atoms with Gasteiger partial charge in [0.25, 0.3) is 0 Å². The molecule has 1 unspecified atom stereocenters. The predicted octanol–water partition coefficient (Wildman–Crippen LogP) is 0.371. The van der Waals surface area contributed by atoms with Crippen LogP contribution >= 0.6 is 0 Å². The summed E-state index contributed by atoms with van der Waals surface area (Å²) < 4.78 is 0. The van der Waals surface area contributed by atoms with Gasteiger partial charge in [-0.1, -0.05) is 0 Å². The maximum absolute atomic E-state index is 11.2. The first-order valence-corrected chi connectivity index (χ1v) is 4.05. The lowest BCUT2D eigenvalue weighted by Gasteiger charge is -2.22. The lowest BCUT2D eigenvalue weighted by Crippen LogP contribution is -2.37. The summed E-state index contributed by atoms with van der Waals surface area (Å²) in [5.41, 5.74) is 0. The van der Waals surface area contributed by atoms with Crippen LogP contribution in [0.3, 0.4) is 0 Å². The van der Waals surface area contributed by atoms with E-state index >= 15 is 0 Å². The number of carbonyl (C=O) groups is 1. The van der Waals surface area contributed by atoms with Gasteiger partial charge >= 0.3 is 6.03 Å². The van der Waals surface area contributed by atoms with Crippen LogP contribution in [0.1, 0.15) is 13.3 Å². The molecule has 1 N–H and O–H groups in total. The van der Waals surface area contributed by atoms with Crippen LogP contribution in [0, 0.1) is 0 Å². The number of amides is 2. The van der Waals surface area contributed by atoms with Gasteiger partial charge in [0.05, 0.1) is 6.10 Å². The van der Waals surface area contributed by atoms with Crippen LogP contribution in [0.15, 0.2) is 0 Å². The molecule has 0 spiro atoms. The summed E-state index contributed by atoms with van der Waals surface area (Å²) in [6, 6.07) is -0.0318. The Labute approximate surface area is 73.8 Å². The third kappa shape index (κ3) is 4.18. The molecule has 1 atom stereocenters. The molecule has 0 aliphatic heterocycles. The van der Waals surface area contributed by atoms with E-state index in [1.807, 2.05) is 0 Å². The summed E-state index contributed by atoms with van der Waals surface area (Å²) in [5, 5.41) is 8.97. The van der Waals surface area contributed by atoms with E-state index in [9.17, 15) is 4.79 Å². The zero-order valence-electron chi connectivity index (χ0n) is 8.24. The lowest BCUT2D eigenvalue weighted by molar-refractivity contribution is 0.153. The fraction of sp³-hybridized carbons (Fsp3) is 0.875. The van der Waals surface area contributed by atoms with Crippen LogP contribution in [-0.2, 0) is 0 Å². The van der Waals surface area contributed by atoms with E-state index in [-0.39, 0.29) is 12.1 Å².